The number of halogens is 2. The molecule has 0 saturated heterocycles. The van der Waals surface area contributed by atoms with E-state index >= 15 is 0 Å². The van der Waals surface area contributed by atoms with Crippen molar-refractivity contribution >= 4 is 11.6 Å². The standard InChI is InChI=1S/C15H15ClFNO/c1-10(19-14-7-3-5-12(16)9-14)15(18)11-4-2-6-13(17)8-11/h2-10,15H,18H2,1H3. The Morgan fingerprint density at radius 3 is 2.58 bits per heavy atom. The van der Waals surface area contributed by atoms with Crippen molar-refractivity contribution in [3.05, 3.63) is 64.9 Å². The molecule has 2 N–H and O–H groups in total. The van der Waals surface area contributed by atoms with Crippen LogP contribution < -0.4 is 10.5 Å². The number of ether oxygens (including phenoxy) is 1. The van der Waals surface area contributed by atoms with Crippen LogP contribution in [0.3, 0.4) is 0 Å². The molecule has 0 aliphatic carbocycles. The fourth-order valence-corrected chi connectivity index (χ4v) is 1.99. The molecule has 0 radical (unpaired) electrons. The van der Waals surface area contributed by atoms with Gasteiger partial charge in [-0.3, -0.25) is 0 Å². The van der Waals surface area contributed by atoms with Gasteiger partial charge in [-0.15, -0.1) is 0 Å². The van der Waals surface area contributed by atoms with E-state index in [9.17, 15) is 4.39 Å². The third-order valence-electron chi connectivity index (χ3n) is 2.86. The summed E-state index contributed by atoms with van der Waals surface area (Å²) in [6, 6.07) is 12.9. The molecular formula is C15H15ClFNO. The summed E-state index contributed by atoms with van der Waals surface area (Å²) in [5.74, 6) is 0.342. The monoisotopic (exact) mass is 279 g/mol. The Labute approximate surface area is 117 Å². The van der Waals surface area contributed by atoms with Crippen LogP contribution in [0.15, 0.2) is 48.5 Å². The molecule has 0 aliphatic rings. The normalized spacial score (nSPS) is 13.9. The van der Waals surface area contributed by atoms with Crippen LogP contribution in [0.1, 0.15) is 18.5 Å². The molecule has 0 amide bonds. The van der Waals surface area contributed by atoms with Crippen molar-refractivity contribution in [1.82, 2.24) is 0 Å². The zero-order chi connectivity index (χ0) is 13.8. The van der Waals surface area contributed by atoms with Crippen LogP contribution in [0.4, 0.5) is 4.39 Å². The third kappa shape index (κ3) is 3.69. The molecule has 2 unspecified atom stereocenters. The molecule has 0 aliphatic heterocycles. The van der Waals surface area contributed by atoms with Gasteiger partial charge in [0.25, 0.3) is 0 Å². The van der Waals surface area contributed by atoms with Crippen LogP contribution in [-0.2, 0) is 0 Å². The van der Waals surface area contributed by atoms with Crippen molar-refractivity contribution < 1.29 is 9.13 Å². The highest BCUT2D eigenvalue weighted by Gasteiger charge is 2.17. The average Bonchev–Trinajstić information content (AvgIpc) is 2.38. The Kier molecular flexibility index (Phi) is 4.40. The highest BCUT2D eigenvalue weighted by molar-refractivity contribution is 6.30. The van der Waals surface area contributed by atoms with Crippen molar-refractivity contribution in [2.24, 2.45) is 5.73 Å². The minimum atomic E-state index is -0.408. The molecule has 100 valence electrons. The van der Waals surface area contributed by atoms with Gasteiger partial charge in [-0.1, -0.05) is 29.8 Å². The molecule has 19 heavy (non-hydrogen) atoms. The Bertz CT molecular complexity index is 561. The lowest BCUT2D eigenvalue weighted by molar-refractivity contribution is 0.190. The second kappa shape index (κ2) is 6.04. The molecule has 2 nitrogen and oxygen atoms in total. The van der Waals surface area contributed by atoms with Crippen molar-refractivity contribution in [3.8, 4) is 5.75 Å². The first kappa shape index (κ1) is 13.8. The van der Waals surface area contributed by atoms with Crippen LogP contribution in [0.25, 0.3) is 0 Å². The van der Waals surface area contributed by atoms with E-state index < -0.39 is 6.04 Å². The second-order valence-electron chi connectivity index (χ2n) is 4.36. The quantitative estimate of drug-likeness (QED) is 0.920. The molecule has 2 rings (SSSR count). The van der Waals surface area contributed by atoms with Gasteiger partial charge in [0.15, 0.2) is 0 Å². The molecule has 2 aromatic rings. The number of hydrogen-bond acceptors (Lipinski definition) is 2. The van der Waals surface area contributed by atoms with E-state index in [0.717, 1.165) is 0 Å². The summed E-state index contributed by atoms with van der Waals surface area (Å²) < 4.78 is 18.9. The van der Waals surface area contributed by atoms with Crippen LogP contribution in [0.2, 0.25) is 5.02 Å². The average molecular weight is 280 g/mol. The summed E-state index contributed by atoms with van der Waals surface area (Å²) in [7, 11) is 0. The van der Waals surface area contributed by atoms with Gasteiger partial charge in [-0.2, -0.15) is 0 Å². The third-order valence-corrected chi connectivity index (χ3v) is 3.09. The molecule has 0 heterocycles. The molecule has 0 aromatic heterocycles. The lowest BCUT2D eigenvalue weighted by Crippen LogP contribution is -2.28. The van der Waals surface area contributed by atoms with E-state index in [1.165, 1.54) is 12.1 Å². The van der Waals surface area contributed by atoms with E-state index in [1.54, 1.807) is 36.4 Å². The maximum Gasteiger partial charge on any atom is 0.123 e. The zero-order valence-corrected chi connectivity index (χ0v) is 11.3. The van der Waals surface area contributed by atoms with Crippen LogP contribution in [0.5, 0.6) is 5.75 Å². The van der Waals surface area contributed by atoms with Crippen molar-refractivity contribution in [3.63, 3.8) is 0 Å². The van der Waals surface area contributed by atoms with Gasteiger partial charge in [0.05, 0.1) is 6.04 Å². The molecule has 0 saturated carbocycles. The van der Waals surface area contributed by atoms with Crippen molar-refractivity contribution in [1.29, 1.82) is 0 Å². The fraction of sp³-hybridized carbons (Fsp3) is 0.200. The van der Waals surface area contributed by atoms with Crippen LogP contribution in [0, 0.1) is 5.82 Å². The predicted octanol–water partition coefficient (Wildman–Crippen LogP) is 3.95. The van der Waals surface area contributed by atoms with Gasteiger partial charge in [0.2, 0.25) is 0 Å². The molecule has 4 heteroatoms. The first-order chi connectivity index (χ1) is 9.06. The number of benzene rings is 2. The van der Waals surface area contributed by atoms with E-state index in [0.29, 0.717) is 16.3 Å². The summed E-state index contributed by atoms with van der Waals surface area (Å²) in [6.45, 7) is 1.84. The van der Waals surface area contributed by atoms with Crippen LogP contribution in [-0.4, -0.2) is 6.10 Å². The minimum Gasteiger partial charge on any atom is -0.489 e. The molecule has 0 fully saturated rings. The second-order valence-corrected chi connectivity index (χ2v) is 4.80. The van der Waals surface area contributed by atoms with Gasteiger partial charge >= 0.3 is 0 Å². The fourth-order valence-electron chi connectivity index (χ4n) is 1.81. The SMILES string of the molecule is CC(Oc1cccc(Cl)c1)C(N)c1cccc(F)c1. The smallest absolute Gasteiger partial charge is 0.123 e. The highest BCUT2D eigenvalue weighted by atomic mass is 35.5. The summed E-state index contributed by atoms with van der Waals surface area (Å²) in [5.41, 5.74) is 6.77. The number of rotatable bonds is 4. The Hall–Kier alpha value is -1.58. The molecular weight excluding hydrogens is 265 g/mol. The van der Waals surface area contributed by atoms with E-state index in [1.807, 2.05) is 6.92 Å². The van der Waals surface area contributed by atoms with Crippen LogP contribution >= 0.6 is 11.6 Å². The van der Waals surface area contributed by atoms with Gasteiger partial charge < -0.3 is 10.5 Å². The predicted molar refractivity (Wildman–Crippen MR) is 74.9 cm³/mol. The van der Waals surface area contributed by atoms with Crippen molar-refractivity contribution in [2.45, 2.75) is 19.1 Å². The molecule has 2 aromatic carbocycles. The number of hydrogen-bond donors (Lipinski definition) is 1. The lowest BCUT2D eigenvalue weighted by atomic mass is 10.0. The topological polar surface area (TPSA) is 35.2 Å². The van der Waals surface area contributed by atoms with Gasteiger partial charge in [-0.05, 0) is 42.8 Å². The highest BCUT2D eigenvalue weighted by Crippen LogP contribution is 2.23. The van der Waals surface area contributed by atoms with E-state index in [2.05, 4.69) is 0 Å². The Morgan fingerprint density at radius 1 is 1.16 bits per heavy atom. The summed E-state index contributed by atoms with van der Waals surface area (Å²) >= 11 is 5.88. The van der Waals surface area contributed by atoms with Gasteiger partial charge in [0, 0.05) is 5.02 Å². The Morgan fingerprint density at radius 2 is 1.89 bits per heavy atom. The Balaban J connectivity index is 2.09. The van der Waals surface area contributed by atoms with Crippen molar-refractivity contribution in [2.75, 3.05) is 0 Å². The number of nitrogens with two attached hydrogens (primary N) is 1. The summed E-state index contributed by atoms with van der Waals surface area (Å²) in [4.78, 5) is 0. The largest absolute Gasteiger partial charge is 0.489 e. The first-order valence-electron chi connectivity index (χ1n) is 5.99. The molecule has 0 spiro atoms. The zero-order valence-electron chi connectivity index (χ0n) is 10.5. The van der Waals surface area contributed by atoms with E-state index in [-0.39, 0.29) is 11.9 Å². The van der Waals surface area contributed by atoms with E-state index in [4.69, 9.17) is 22.1 Å². The first-order valence-corrected chi connectivity index (χ1v) is 6.37. The summed E-state index contributed by atoms with van der Waals surface area (Å²) in [5, 5.41) is 0.601. The molecule has 0 bridgehead atoms. The molecule has 2 atom stereocenters. The van der Waals surface area contributed by atoms with Gasteiger partial charge in [0.1, 0.15) is 17.7 Å². The van der Waals surface area contributed by atoms with Gasteiger partial charge in [-0.25, -0.2) is 4.39 Å². The maximum absolute atomic E-state index is 13.2. The minimum absolute atomic E-state index is 0.291. The maximum atomic E-state index is 13.2. The summed E-state index contributed by atoms with van der Waals surface area (Å²) in [6.07, 6.45) is -0.291. The lowest BCUT2D eigenvalue weighted by Gasteiger charge is -2.22.